The van der Waals surface area contributed by atoms with Crippen molar-refractivity contribution in [3.63, 3.8) is 0 Å². The first-order valence-corrected chi connectivity index (χ1v) is 15.5. The molecular formula is C29H44N6O2S. The second kappa shape index (κ2) is 11.9. The lowest BCUT2D eigenvalue weighted by molar-refractivity contribution is -0.126. The Morgan fingerprint density at radius 1 is 1.03 bits per heavy atom. The van der Waals surface area contributed by atoms with Crippen molar-refractivity contribution in [2.75, 3.05) is 11.9 Å². The monoisotopic (exact) mass is 540 g/mol. The van der Waals surface area contributed by atoms with E-state index in [2.05, 4.69) is 57.1 Å². The number of piperidine rings is 1. The van der Waals surface area contributed by atoms with E-state index < -0.39 is 0 Å². The highest BCUT2D eigenvalue weighted by Gasteiger charge is 2.42. The van der Waals surface area contributed by atoms with E-state index in [9.17, 15) is 9.59 Å². The first-order valence-electron chi connectivity index (χ1n) is 14.6. The first-order chi connectivity index (χ1) is 18.3. The van der Waals surface area contributed by atoms with Gasteiger partial charge >= 0.3 is 0 Å². The van der Waals surface area contributed by atoms with Crippen molar-refractivity contribution >= 4 is 28.2 Å². The minimum atomic E-state index is -0.0652. The largest absolute Gasteiger partial charge is 0.348 e. The number of amides is 2. The minimum absolute atomic E-state index is 0.0262. The maximum atomic E-state index is 13.2. The highest BCUT2D eigenvalue weighted by molar-refractivity contribution is 7.16. The molecule has 1 aliphatic carbocycles. The van der Waals surface area contributed by atoms with Crippen LogP contribution in [0.2, 0.25) is 0 Å². The Kier molecular flexibility index (Phi) is 8.53. The normalized spacial score (nSPS) is 25.0. The number of hydrogen-bond donors (Lipinski definition) is 2. The zero-order chi connectivity index (χ0) is 26.8. The predicted octanol–water partition coefficient (Wildman–Crippen LogP) is 5.73. The summed E-state index contributed by atoms with van der Waals surface area (Å²) in [7, 11) is 0. The molecule has 38 heavy (non-hydrogen) atoms. The van der Waals surface area contributed by atoms with E-state index in [0.29, 0.717) is 24.0 Å². The smallest absolute Gasteiger partial charge is 0.223 e. The number of thiophene rings is 1. The van der Waals surface area contributed by atoms with Crippen LogP contribution in [-0.4, -0.2) is 50.1 Å². The van der Waals surface area contributed by atoms with Crippen LogP contribution in [0.25, 0.3) is 0 Å². The van der Waals surface area contributed by atoms with Crippen LogP contribution in [0.5, 0.6) is 0 Å². The average molecular weight is 541 g/mol. The summed E-state index contributed by atoms with van der Waals surface area (Å²) in [6.45, 7) is 9.00. The molecule has 2 bridgehead atoms. The number of carbonyl (C=O) groups excluding carboxylic acids is 2. The summed E-state index contributed by atoms with van der Waals surface area (Å²) in [5.41, 5.74) is 0. The van der Waals surface area contributed by atoms with Gasteiger partial charge < -0.3 is 15.2 Å². The molecular weight excluding hydrogens is 496 g/mol. The summed E-state index contributed by atoms with van der Waals surface area (Å²) in [5.74, 6) is 2.78. The van der Waals surface area contributed by atoms with E-state index in [1.54, 1.807) is 11.3 Å². The fourth-order valence-electron chi connectivity index (χ4n) is 7.05. The molecule has 3 aliphatic rings. The molecule has 2 aromatic rings. The van der Waals surface area contributed by atoms with Crippen molar-refractivity contribution in [1.82, 2.24) is 25.0 Å². The highest BCUT2D eigenvalue weighted by Crippen LogP contribution is 2.43. The lowest BCUT2D eigenvalue weighted by atomic mass is 9.88. The third-order valence-electron chi connectivity index (χ3n) is 8.87. The van der Waals surface area contributed by atoms with E-state index in [-0.39, 0.29) is 23.8 Å². The van der Waals surface area contributed by atoms with E-state index in [1.807, 2.05) is 6.07 Å². The fraction of sp³-hybridized carbons (Fsp3) is 0.724. The van der Waals surface area contributed by atoms with E-state index in [0.717, 1.165) is 73.0 Å². The van der Waals surface area contributed by atoms with Gasteiger partial charge in [0.2, 0.25) is 11.8 Å². The Morgan fingerprint density at radius 3 is 2.39 bits per heavy atom. The van der Waals surface area contributed by atoms with Crippen molar-refractivity contribution in [3.05, 3.63) is 28.7 Å². The number of nitrogens with one attached hydrogen (secondary N) is 2. The molecule has 1 saturated carbocycles. The molecule has 0 spiro atoms. The molecule has 9 heteroatoms. The fourth-order valence-corrected chi connectivity index (χ4v) is 8.09. The van der Waals surface area contributed by atoms with Gasteiger partial charge in [-0.3, -0.25) is 14.5 Å². The van der Waals surface area contributed by atoms with Crippen LogP contribution < -0.4 is 10.6 Å². The van der Waals surface area contributed by atoms with Crippen LogP contribution in [0.4, 0.5) is 5.00 Å². The standard InChI is InChI=1S/C29H44N6O2S/c1-18(2)28-33-32-19(3)35(28)24-16-22-10-11-23(17-24)34(22)15-14-25(26-12-13-27(38-26)30-20(4)36)31-29(37)21-8-6-5-7-9-21/h12-13,18,21-25H,5-11,14-17H2,1-4H3,(H,30,36)(H,31,37)/t22-,23+,24?,25-/m0/s1. The molecule has 2 amide bonds. The van der Waals surface area contributed by atoms with E-state index >= 15 is 0 Å². The van der Waals surface area contributed by atoms with Gasteiger partial charge in [-0.25, -0.2) is 0 Å². The molecule has 5 rings (SSSR count). The number of carbonyl (C=O) groups is 2. The summed E-state index contributed by atoms with van der Waals surface area (Å²) < 4.78 is 2.41. The summed E-state index contributed by atoms with van der Waals surface area (Å²) in [4.78, 5) is 28.7. The molecule has 2 aliphatic heterocycles. The molecule has 3 fully saturated rings. The Bertz CT molecular complexity index is 1110. The van der Waals surface area contributed by atoms with Crippen molar-refractivity contribution in [2.45, 2.75) is 122 Å². The Balaban J connectivity index is 1.27. The van der Waals surface area contributed by atoms with Crippen molar-refractivity contribution < 1.29 is 9.59 Å². The van der Waals surface area contributed by atoms with Gasteiger partial charge in [-0.1, -0.05) is 33.1 Å². The maximum absolute atomic E-state index is 13.2. The van der Waals surface area contributed by atoms with Gasteiger partial charge in [-0.2, -0.15) is 0 Å². The van der Waals surface area contributed by atoms with Gasteiger partial charge in [0.15, 0.2) is 0 Å². The van der Waals surface area contributed by atoms with Gasteiger partial charge in [0, 0.05) is 48.3 Å². The SMILES string of the molecule is CC(=O)Nc1ccc([C@H](CCN2[C@@H]3CC[C@H]2CC(n2c(C)nnc2C(C)C)C3)NC(=O)C2CCCCC2)s1. The second-order valence-electron chi connectivity index (χ2n) is 11.9. The lowest BCUT2D eigenvalue weighted by Gasteiger charge is -2.40. The number of hydrogen-bond acceptors (Lipinski definition) is 6. The number of fused-ring (bicyclic) bond motifs is 2. The number of rotatable bonds is 9. The highest BCUT2D eigenvalue weighted by atomic mass is 32.1. The topological polar surface area (TPSA) is 92.2 Å². The van der Waals surface area contributed by atoms with Crippen LogP contribution in [0.15, 0.2) is 12.1 Å². The Hall–Kier alpha value is -2.26. The van der Waals surface area contributed by atoms with Gasteiger partial charge in [-0.05, 0) is 64.0 Å². The van der Waals surface area contributed by atoms with Crippen LogP contribution >= 0.6 is 11.3 Å². The summed E-state index contributed by atoms with van der Waals surface area (Å²) in [6, 6.07) is 5.61. The lowest BCUT2D eigenvalue weighted by Crippen LogP contribution is -2.45. The average Bonchev–Trinajstić information content (AvgIpc) is 3.57. The third kappa shape index (κ3) is 5.98. The van der Waals surface area contributed by atoms with Crippen LogP contribution in [0, 0.1) is 12.8 Å². The minimum Gasteiger partial charge on any atom is -0.348 e. The molecule has 1 unspecified atom stereocenters. The van der Waals surface area contributed by atoms with Gasteiger partial charge in [0.1, 0.15) is 11.6 Å². The number of anilines is 1. The van der Waals surface area contributed by atoms with Gasteiger partial charge in [0.25, 0.3) is 0 Å². The van der Waals surface area contributed by atoms with E-state index in [1.165, 1.54) is 26.2 Å². The quantitative estimate of drug-likeness (QED) is 0.424. The van der Waals surface area contributed by atoms with Crippen LogP contribution in [0.3, 0.4) is 0 Å². The first kappa shape index (κ1) is 27.3. The van der Waals surface area contributed by atoms with E-state index in [4.69, 9.17) is 0 Å². The van der Waals surface area contributed by atoms with Crippen LogP contribution in [0.1, 0.15) is 120 Å². The molecule has 4 atom stereocenters. The maximum Gasteiger partial charge on any atom is 0.223 e. The van der Waals surface area contributed by atoms with Crippen molar-refractivity contribution in [2.24, 2.45) is 5.92 Å². The van der Waals surface area contributed by atoms with Gasteiger partial charge in [-0.15, -0.1) is 21.5 Å². The molecule has 2 saturated heterocycles. The zero-order valence-corrected chi connectivity index (χ0v) is 24.2. The summed E-state index contributed by atoms with van der Waals surface area (Å²) >= 11 is 1.58. The number of nitrogens with zero attached hydrogens (tertiary/aromatic N) is 4. The molecule has 0 radical (unpaired) electrons. The molecule has 0 aromatic carbocycles. The summed E-state index contributed by atoms with van der Waals surface area (Å²) in [6.07, 6.45) is 11.2. The second-order valence-corrected chi connectivity index (χ2v) is 13.1. The summed E-state index contributed by atoms with van der Waals surface area (Å²) in [5, 5.41) is 16.1. The van der Waals surface area contributed by atoms with Crippen LogP contribution in [-0.2, 0) is 9.59 Å². The molecule has 8 nitrogen and oxygen atoms in total. The third-order valence-corrected chi connectivity index (χ3v) is 9.99. The van der Waals surface area contributed by atoms with Gasteiger partial charge in [0.05, 0.1) is 11.0 Å². The molecule has 2 N–H and O–H groups in total. The Morgan fingerprint density at radius 2 is 1.74 bits per heavy atom. The molecule has 4 heterocycles. The van der Waals surface area contributed by atoms with Crippen molar-refractivity contribution in [3.8, 4) is 0 Å². The number of aromatic nitrogens is 3. The number of aryl methyl sites for hydroxylation is 1. The zero-order valence-electron chi connectivity index (χ0n) is 23.4. The predicted molar refractivity (Wildman–Crippen MR) is 151 cm³/mol. The molecule has 208 valence electrons. The van der Waals surface area contributed by atoms with Crippen molar-refractivity contribution in [1.29, 1.82) is 0 Å². The molecule has 2 aromatic heterocycles. The Labute approximate surface area is 231 Å².